The summed E-state index contributed by atoms with van der Waals surface area (Å²) in [5.74, 6) is -1.55. The van der Waals surface area contributed by atoms with Crippen LogP contribution < -0.4 is 5.32 Å². The SMILES string of the molecule is CCCCCCCCCCNCc1ccc(F)c(F)c1. The van der Waals surface area contributed by atoms with Crippen LogP contribution in [0.25, 0.3) is 0 Å². The molecule has 1 nitrogen and oxygen atoms in total. The Kier molecular flexibility index (Phi) is 9.22. The maximum atomic E-state index is 13.0. The Hall–Kier alpha value is -0.960. The first-order valence-corrected chi connectivity index (χ1v) is 7.88. The van der Waals surface area contributed by atoms with Gasteiger partial charge in [-0.05, 0) is 30.7 Å². The highest BCUT2D eigenvalue weighted by Crippen LogP contribution is 2.09. The summed E-state index contributed by atoms with van der Waals surface area (Å²) < 4.78 is 25.7. The summed E-state index contributed by atoms with van der Waals surface area (Å²) in [4.78, 5) is 0. The van der Waals surface area contributed by atoms with Crippen molar-refractivity contribution in [3.05, 3.63) is 35.4 Å². The van der Waals surface area contributed by atoms with Crippen LogP contribution in [0.5, 0.6) is 0 Å². The molecule has 0 bridgehead atoms. The van der Waals surface area contributed by atoms with E-state index in [0.29, 0.717) is 6.54 Å². The Labute approximate surface area is 121 Å². The minimum Gasteiger partial charge on any atom is -0.313 e. The highest BCUT2D eigenvalue weighted by atomic mass is 19.2. The van der Waals surface area contributed by atoms with Crippen LogP contribution in [-0.4, -0.2) is 6.54 Å². The topological polar surface area (TPSA) is 12.0 Å². The molecule has 0 unspecified atom stereocenters. The highest BCUT2D eigenvalue weighted by molar-refractivity contribution is 5.17. The summed E-state index contributed by atoms with van der Waals surface area (Å²) >= 11 is 0. The number of hydrogen-bond donors (Lipinski definition) is 1. The van der Waals surface area contributed by atoms with E-state index in [1.807, 2.05) is 0 Å². The third-order valence-electron chi connectivity index (χ3n) is 3.52. The normalized spacial score (nSPS) is 10.9. The third-order valence-corrected chi connectivity index (χ3v) is 3.52. The lowest BCUT2D eigenvalue weighted by Crippen LogP contribution is -2.14. The van der Waals surface area contributed by atoms with Crippen molar-refractivity contribution in [2.45, 2.75) is 64.8 Å². The Bertz CT molecular complexity index is 366. The van der Waals surface area contributed by atoms with E-state index in [1.165, 1.54) is 57.1 Å². The first-order valence-electron chi connectivity index (χ1n) is 7.88. The van der Waals surface area contributed by atoms with Crippen molar-refractivity contribution in [2.24, 2.45) is 0 Å². The van der Waals surface area contributed by atoms with Gasteiger partial charge in [0.25, 0.3) is 0 Å². The number of nitrogens with one attached hydrogen (secondary N) is 1. The van der Waals surface area contributed by atoms with Gasteiger partial charge in [0.1, 0.15) is 0 Å². The van der Waals surface area contributed by atoms with Gasteiger partial charge in [-0.25, -0.2) is 8.78 Å². The van der Waals surface area contributed by atoms with E-state index < -0.39 is 11.6 Å². The molecule has 1 N–H and O–H groups in total. The van der Waals surface area contributed by atoms with E-state index >= 15 is 0 Å². The van der Waals surface area contributed by atoms with Crippen LogP contribution in [-0.2, 0) is 6.54 Å². The Morgan fingerprint density at radius 1 is 0.850 bits per heavy atom. The minimum atomic E-state index is -0.781. The molecule has 1 rings (SSSR count). The molecule has 3 heteroatoms. The van der Waals surface area contributed by atoms with Gasteiger partial charge in [0.05, 0.1) is 0 Å². The highest BCUT2D eigenvalue weighted by Gasteiger charge is 2.01. The van der Waals surface area contributed by atoms with E-state index in [0.717, 1.165) is 18.5 Å². The van der Waals surface area contributed by atoms with Crippen LogP contribution in [0.15, 0.2) is 18.2 Å². The van der Waals surface area contributed by atoms with Gasteiger partial charge < -0.3 is 5.32 Å². The average molecular weight is 283 g/mol. The van der Waals surface area contributed by atoms with Crippen molar-refractivity contribution in [3.8, 4) is 0 Å². The predicted octanol–water partition coefficient (Wildman–Crippen LogP) is 5.20. The van der Waals surface area contributed by atoms with E-state index in [4.69, 9.17) is 0 Å². The molecule has 114 valence electrons. The number of rotatable bonds is 11. The van der Waals surface area contributed by atoms with Crippen LogP contribution in [0, 0.1) is 11.6 Å². The third kappa shape index (κ3) is 7.59. The molecule has 0 aliphatic rings. The number of halogens is 2. The van der Waals surface area contributed by atoms with Crippen molar-refractivity contribution >= 4 is 0 Å². The second-order valence-electron chi connectivity index (χ2n) is 5.40. The lowest BCUT2D eigenvalue weighted by atomic mass is 10.1. The maximum absolute atomic E-state index is 13.0. The van der Waals surface area contributed by atoms with Crippen molar-refractivity contribution in [1.29, 1.82) is 0 Å². The molecule has 0 heterocycles. The monoisotopic (exact) mass is 283 g/mol. The Morgan fingerprint density at radius 3 is 2.15 bits per heavy atom. The van der Waals surface area contributed by atoms with Gasteiger partial charge in [-0.1, -0.05) is 57.9 Å². The molecule has 0 fully saturated rings. The lowest BCUT2D eigenvalue weighted by molar-refractivity contribution is 0.505. The smallest absolute Gasteiger partial charge is 0.159 e. The fourth-order valence-electron chi connectivity index (χ4n) is 2.27. The van der Waals surface area contributed by atoms with Crippen LogP contribution >= 0.6 is 0 Å². The van der Waals surface area contributed by atoms with Gasteiger partial charge in [0.2, 0.25) is 0 Å². The van der Waals surface area contributed by atoms with Crippen molar-refractivity contribution in [1.82, 2.24) is 5.32 Å². The fourth-order valence-corrected chi connectivity index (χ4v) is 2.27. The summed E-state index contributed by atoms with van der Waals surface area (Å²) in [6.07, 6.45) is 10.4. The summed E-state index contributed by atoms with van der Waals surface area (Å²) in [5.41, 5.74) is 0.795. The summed E-state index contributed by atoms with van der Waals surface area (Å²) in [7, 11) is 0. The van der Waals surface area contributed by atoms with Gasteiger partial charge in [0.15, 0.2) is 11.6 Å². The lowest BCUT2D eigenvalue weighted by Gasteiger charge is -2.05. The van der Waals surface area contributed by atoms with E-state index in [9.17, 15) is 8.78 Å². The summed E-state index contributed by atoms with van der Waals surface area (Å²) in [5, 5.41) is 3.27. The Morgan fingerprint density at radius 2 is 1.50 bits per heavy atom. The molecule has 0 radical (unpaired) electrons. The molecule has 1 aromatic carbocycles. The summed E-state index contributed by atoms with van der Waals surface area (Å²) in [6.45, 7) is 3.78. The van der Waals surface area contributed by atoms with Crippen LogP contribution in [0.2, 0.25) is 0 Å². The molecule has 0 aliphatic carbocycles. The van der Waals surface area contributed by atoms with Crippen molar-refractivity contribution in [3.63, 3.8) is 0 Å². The van der Waals surface area contributed by atoms with Gasteiger partial charge in [-0.2, -0.15) is 0 Å². The maximum Gasteiger partial charge on any atom is 0.159 e. The van der Waals surface area contributed by atoms with Gasteiger partial charge in [-0.3, -0.25) is 0 Å². The zero-order valence-corrected chi connectivity index (χ0v) is 12.6. The Balaban J connectivity index is 1.95. The molecule has 0 aromatic heterocycles. The molecule has 0 aliphatic heterocycles. The number of unbranched alkanes of at least 4 members (excludes halogenated alkanes) is 7. The molecule has 0 saturated heterocycles. The van der Waals surface area contributed by atoms with Gasteiger partial charge >= 0.3 is 0 Å². The molecule has 0 saturated carbocycles. The zero-order chi connectivity index (χ0) is 14.6. The van der Waals surface area contributed by atoms with Crippen LogP contribution in [0.4, 0.5) is 8.78 Å². The quantitative estimate of drug-likeness (QED) is 0.551. The summed E-state index contributed by atoms with van der Waals surface area (Å²) in [6, 6.07) is 4.07. The van der Waals surface area contributed by atoms with Gasteiger partial charge in [0, 0.05) is 6.54 Å². The second kappa shape index (κ2) is 10.8. The average Bonchev–Trinajstić information content (AvgIpc) is 2.45. The molecule has 1 aromatic rings. The van der Waals surface area contributed by atoms with E-state index in [-0.39, 0.29) is 0 Å². The van der Waals surface area contributed by atoms with Gasteiger partial charge in [-0.15, -0.1) is 0 Å². The molecular weight excluding hydrogens is 256 g/mol. The van der Waals surface area contributed by atoms with Crippen LogP contribution in [0.1, 0.15) is 63.9 Å². The second-order valence-corrected chi connectivity index (χ2v) is 5.40. The molecule has 20 heavy (non-hydrogen) atoms. The molecular formula is C17H27F2N. The van der Waals surface area contributed by atoms with E-state index in [2.05, 4.69) is 12.2 Å². The first kappa shape index (κ1) is 17.1. The zero-order valence-electron chi connectivity index (χ0n) is 12.6. The first-order chi connectivity index (χ1) is 9.74. The van der Waals surface area contributed by atoms with Crippen LogP contribution in [0.3, 0.4) is 0 Å². The largest absolute Gasteiger partial charge is 0.313 e. The minimum absolute atomic E-state index is 0.605. The fraction of sp³-hybridized carbons (Fsp3) is 0.647. The molecule has 0 atom stereocenters. The van der Waals surface area contributed by atoms with E-state index in [1.54, 1.807) is 6.07 Å². The predicted molar refractivity (Wildman–Crippen MR) is 80.7 cm³/mol. The molecule has 0 amide bonds. The molecule has 0 spiro atoms. The van der Waals surface area contributed by atoms with Crippen molar-refractivity contribution < 1.29 is 8.78 Å². The van der Waals surface area contributed by atoms with Crippen molar-refractivity contribution in [2.75, 3.05) is 6.54 Å². The number of hydrogen-bond acceptors (Lipinski definition) is 1. The number of benzene rings is 1. The standard InChI is InChI=1S/C17H27F2N/c1-2-3-4-5-6-7-8-9-12-20-14-15-10-11-16(18)17(19)13-15/h10-11,13,20H,2-9,12,14H2,1H3.